The molecule has 5 nitrogen and oxygen atoms in total. The normalized spacial score (nSPS) is 15.5. The first kappa shape index (κ1) is 19.7. The third-order valence-electron chi connectivity index (χ3n) is 3.77. The molecule has 0 saturated carbocycles. The van der Waals surface area contributed by atoms with Crippen molar-refractivity contribution in [3.05, 3.63) is 51.3 Å². The minimum absolute atomic E-state index is 0.0107. The number of phenolic OH excluding ortho intramolecular Hbond substituents is 1. The molecular weight excluding hydrogens is 450 g/mol. The number of hydrogen-bond acceptors (Lipinski definition) is 6. The van der Waals surface area contributed by atoms with E-state index in [1.54, 1.807) is 30.3 Å². The smallest absolute Gasteiger partial charge is 0.270 e. The van der Waals surface area contributed by atoms with E-state index in [4.69, 9.17) is 21.7 Å². The molecule has 1 fully saturated rings. The monoisotopic (exact) mass is 465 g/mol. The van der Waals surface area contributed by atoms with Gasteiger partial charge in [0, 0.05) is 0 Å². The molecule has 0 spiro atoms. The van der Waals surface area contributed by atoms with Crippen LogP contribution in [0, 0.1) is 0 Å². The molecule has 8 heteroatoms. The van der Waals surface area contributed by atoms with E-state index in [2.05, 4.69) is 15.9 Å². The van der Waals surface area contributed by atoms with E-state index in [-0.39, 0.29) is 11.7 Å². The fourth-order valence-corrected chi connectivity index (χ4v) is 4.29. The lowest BCUT2D eigenvalue weighted by atomic mass is 10.2. The van der Waals surface area contributed by atoms with Crippen LogP contribution in [0.4, 0.5) is 5.69 Å². The minimum Gasteiger partial charge on any atom is -0.503 e. The fourth-order valence-electron chi connectivity index (χ4n) is 2.53. The van der Waals surface area contributed by atoms with Crippen LogP contribution in [-0.2, 0) is 4.79 Å². The van der Waals surface area contributed by atoms with E-state index in [0.29, 0.717) is 37.3 Å². The summed E-state index contributed by atoms with van der Waals surface area (Å²) in [5.41, 5.74) is 1.40. The van der Waals surface area contributed by atoms with Gasteiger partial charge in [0.2, 0.25) is 0 Å². The summed E-state index contributed by atoms with van der Waals surface area (Å²) in [7, 11) is 1.47. The second-order valence-corrected chi connectivity index (χ2v) is 8.03. The zero-order valence-electron chi connectivity index (χ0n) is 14.6. The average molecular weight is 466 g/mol. The van der Waals surface area contributed by atoms with Crippen LogP contribution in [0.5, 0.6) is 17.2 Å². The van der Waals surface area contributed by atoms with Gasteiger partial charge in [0.25, 0.3) is 5.91 Å². The molecule has 1 amide bonds. The molecular formula is C19H16BrNO4S2. The zero-order valence-corrected chi connectivity index (χ0v) is 17.8. The summed E-state index contributed by atoms with van der Waals surface area (Å²) < 4.78 is 11.5. The van der Waals surface area contributed by atoms with Crippen LogP contribution in [-0.4, -0.2) is 29.1 Å². The summed E-state index contributed by atoms with van der Waals surface area (Å²) in [6.45, 7) is 2.49. The van der Waals surface area contributed by atoms with Crippen LogP contribution >= 0.6 is 39.9 Å². The van der Waals surface area contributed by atoms with Crippen molar-refractivity contribution in [2.45, 2.75) is 6.92 Å². The van der Waals surface area contributed by atoms with Crippen LogP contribution in [0.25, 0.3) is 6.08 Å². The summed E-state index contributed by atoms with van der Waals surface area (Å²) in [6.07, 6.45) is 1.72. The molecule has 1 heterocycles. The number of amides is 1. The maximum Gasteiger partial charge on any atom is 0.270 e. The highest BCUT2D eigenvalue weighted by Crippen LogP contribution is 2.39. The highest BCUT2D eigenvalue weighted by atomic mass is 79.9. The molecule has 3 rings (SSSR count). The Kier molecular flexibility index (Phi) is 6.08. The molecule has 1 N–H and O–H groups in total. The Balaban J connectivity index is 1.89. The average Bonchev–Trinajstić information content (AvgIpc) is 2.92. The number of thiocarbonyl (C=S) groups is 1. The number of anilines is 1. The molecule has 2 aromatic carbocycles. The highest BCUT2D eigenvalue weighted by Gasteiger charge is 2.33. The molecule has 0 bridgehead atoms. The number of carbonyl (C=O) groups is 1. The summed E-state index contributed by atoms with van der Waals surface area (Å²) in [4.78, 5) is 14.9. The number of ether oxygens (including phenoxy) is 2. The Labute approximate surface area is 175 Å². The van der Waals surface area contributed by atoms with Crippen molar-refractivity contribution in [3.8, 4) is 17.2 Å². The lowest BCUT2D eigenvalue weighted by Gasteiger charge is -2.15. The number of benzene rings is 2. The van der Waals surface area contributed by atoms with Gasteiger partial charge in [-0.25, -0.2) is 0 Å². The van der Waals surface area contributed by atoms with E-state index in [0.717, 1.165) is 5.75 Å². The van der Waals surface area contributed by atoms with Crippen molar-refractivity contribution in [2.75, 3.05) is 18.6 Å². The largest absolute Gasteiger partial charge is 0.503 e. The van der Waals surface area contributed by atoms with Gasteiger partial charge in [-0.1, -0.05) is 24.0 Å². The van der Waals surface area contributed by atoms with Gasteiger partial charge in [0.1, 0.15) is 5.75 Å². The summed E-state index contributed by atoms with van der Waals surface area (Å²) in [5, 5.41) is 9.92. The maximum atomic E-state index is 12.9. The molecule has 0 aromatic heterocycles. The van der Waals surface area contributed by atoms with Gasteiger partial charge in [0.05, 0.1) is 28.8 Å². The number of hydrogen-bond donors (Lipinski definition) is 1. The predicted octanol–water partition coefficient (Wildman–Crippen LogP) is 4.97. The van der Waals surface area contributed by atoms with E-state index < -0.39 is 0 Å². The molecule has 0 unspecified atom stereocenters. The van der Waals surface area contributed by atoms with Crippen LogP contribution in [0.2, 0.25) is 0 Å². The number of aromatic hydroxyl groups is 1. The van der Waals surface area contributed by atoms with Crippen LogP contribution in [0.3, 0.4) is 0 Å². The number of rotatable bonds is 5. The van der Waals surface area contributed by atoms with Crippen LogP contribution in [0.15, 0.2) is 45.8 Å². The molecule has 1 saturated heterocycles. The van der Waals surface area contributed by atoms with Gasteiger partial charge in [-0.15, -0.1) is 0 Å². The molecule has 2 aromatic rings. The number of halogens is 1. The summed E-state index contributed by atoms with van der Waals surface area (Å²) in [5.74, 6) is 0.870. The van der Waals surface area contributed by atoms with Crippen molar-refractivity contribution in [1.82, 2.24) is 0 Å². The Bertz CT molecular complexity index is 928. The van der Waals surface area contributed by atoms with Crippen LogP contribution < -0.4 is 14.4 Å². The summed E-state index contributed by atoms with van der Waals surface area (Å²) >= 11 is 9.91. The fraction of sp³-hybridized carbons (Fsp3) is 0.158. The van der Waals surface area contributed by atoms with Gasteiger partial charge in [-0.05, 0) is 70.9 Å². The Hall–Kier alpha value is -2.03. The molecule has 0 aliphatic carbocycles. The van der Waals surface area contributed by atoms with Crippen molar-refractivity contribution >= 4 is 61.9 Å². The lowest BCUT2D eigenvalue weighted by Crippen LogP contribution is -2.27. The quantitative estimate of drug-likeness (QED) is 0.496. The second-order valence-electron chi connectivity index (χ2n) is 5.50. The molecule has 1 aliphatic rings. The number of nitrogens with zero attached hydrogens (tertiary/aromatic N) is 1. The first-order chi connectivity index (χ1) is 12.9. The zero-order chi connectivity index (χ0) is 19.6. The lowest BCUT2D eigenvalue weighted by molar-refractivity contribution is -0.113. The molecule has 0 atom stereocenters. The number of phenols is 1. The first-order valence-corrected chi connectivity index (χ1v) is 10.0. The highest BCUT2D eigenvalue weighted by molar-refractivity contribution is 9.10. The predicted molar refractivity (Wildman–Crippen MR) is 116 cm³/mol. The van der Waals surface area contributed by atoms with Gasteiger partial charge in [-0.2, -0.15) is 0 Å². The van der Waals surface area contributed by atoms with Crippen molar-refractivity contribution in [2.24, 2.45) is 0 Å². The topological polar surface area (TPSA) is 59.0 Å². The molecule has 27 heavy (non-hydrogen) atoms. The second kappa shape index (κ2) is 8.33. The molecule has 140 valence electrons. The SMILES string of the molecule is CCOc1ccc(N2C(=O)/C(=C\c3cc(Br)c(O)c(OC)c3)SC2=S)cc1. The Morgan fingerprint density at radius 2 is 2.00 bits per heavy atom. The van der Waals surface area contributed by atoms with Gasteiger partial charge >= 0.3 is 0 Å². The standard InChI is InChI=1S/C19H16BrNO4S2/c1-3-25-13-6-4-12(5-7-13)21-18(23)16(27-19(21)26)10-11-8-14(20)17(22)15(9-11)24-2/h4-10,22H,3H2,1-2H3/b16-10+. The van der Waals surface area contributed by atoms with Gasteiger partial charge in [-0.3, -0.25) is 9.69 Å². The molecule has 1 aliphatic heterocycles. The molecule has 0 radical (unpaired) electrons. The number of methoxy groups -OCH3 is 1. The van der Waals surface area contributed by atoms with Crippen molar-refractivity contribution in [3.63, 3.8) is 0 Å². The maximum absolute atomic E-state index is 12.9. The number of carbonyl (C=O) groups excluding carboxylic acids is 1. The van der Waals surface area contributed by atoms with Crippen molar-refractivity contribution in [1.29, 1.82) is 0 Å². The first-order valence-electron chi connectivity index (χ1n) is 8.02. The summed E-state index contributed by atoms with van der Waals surface area (Å²) in [6, 6.07) is 10.6. The van der Waals surface area contributed by atoms with Crippen LogP contribution in [0.1, 0.15) is 12.5 Å². The van der Waals surface area contributed by atoms with E-state index in [9.17, 15) is 9.90 Å². The van der Waals surface area contributed by atoms with E-state index in [1.165, 1.54) is 23.8 Å². The number of thioether (sulfide) groups is 1. The van der Waals surface area contributed by atoms with E-state index in [1.807, 2.05) is 19.1 Å². The van der Waals surface area contributed by atoms with Gasteiger partial charge < -0.3 is 14.6 Å². The Morgan fingerprint density at radius 3 is 2.63 bits per heavy atom. The van der Waals surface area contributed by atoms with E-state index >= 15 is 0 Å². The third kappa shape index (κ3) is 4.12. The Morgan fingerprint density at radius 1 is 1.30 bits per heavy atom. The minimum atomic E-state index is -0.197. The van der Waals surface area contributed by atoms with Crippen molar-refractivity contribution < 1.29 is 19.4 Å². The van der Waals surface area contributed by atoms with Gasteiger partial charge in [0.15, 0.2) is 15.8 Å². The third-order valence-corrected chi connectivity index (χ3v) is 5.67.